The molecule has 0 aromatic carbocycles. The number of nitrogens with zero attached hydrogens (tertiary/aromatic N) is 5. The topological polar surface area (TPSA) is 88.7 Å². The second-order valence-corrected chi connectivity index (χ2v) is 14.1. The van der Waals surface area contributed by atoms with E-state index in [1.807, 2.05) is 44.7 Å². The summed E-state index contributed by atoms with van der Waals surface area (Å²) < 4.78 is 5.46. The average molecular weight is 575 g/mol. The van der Waals surface area contributed by atoms with Gasteiger partial charge in [0.15, 0.2) is 0 Å². The number of fused-ring (bicyclic) bond motifs is 2. The maximum absolute atomic E-state index is 12.7. The van der Waals surface area contributed by atoms with Crippen LogP contribution in [0, 0.1) is 0 Å². The zero-order chi connectivity index (χ0) is 29.3. The second kappa shape index (κ2) is 12.6. The molecule has 4 heterocycles. The first-order chi connectivity index (χ1) is 19.6. The molecule has 6 aliphatic rings. The molecule has 232 valence electrons. The van der Waals surface area contributed by atoms with Crippen molar-refractivity contribution < 1.29 is 19.1 Å². The van der Waals surface area contributed by atoms with E-state index in [1.54, 1.807) is 4.90 Å². The van der Waals surface area contributed by atoms with Gasteiger partial charge in [0.2, 0.25) is 0 Å². The summed E-state index contributed by atoms with van der Waals surface area (Å²) in [5.74, 6) is 0. The monoisotopic (exact) mass is 574 g/mol. The van der Waals surface area contributed by atoms with Crippen molar-refractivity contribution in [2.45, 2.75) is 140 Å². The van der Waals surface area contributed by atoms with Crippen molar-refractivity contribution in [2.24, 2.45) is 0 Å². The first-order valence-corrected chi connectivity index (χ1v) is 16.4. The van der Waals surface area contributed by atoms with Crippen molar-refractivity contribution in [1.82, 2.24) is 29.8 Å². The van der Waals surface area contributed by atoms with Crippen LogP contribution in [0.2, 0.25) is 0 Å². The molecule has 10 nitrogen and oxygen atoms in total. The smallest absolute Gasteiger partial charge is 0.410 e. The lowest BCUT2D eigenvalue weighted by Gasteiger charge is -2.40. The summed E-state index contributed by atoms with van der Waals surface area (Å²) >= 11 is 0. The van der Waals surface area contributed by atoms with Crippen molar-refractivity contribution in [3.05, 3.63) is 0 Å². The molecular formula is C31H54N6O4. The molecule has 0 aromatic heterocycles. The second-order valence-electron chi connectivity index (χ2n) is 14.1. The lowest BCUT2D eigenvalue weighted by molar-refractivity contribution is 0.0151. The zero-order valence-electron chi connectivity index (χ0n) is 26.1. The Balaban J connectivity index is 0.000000174. The number of hydrogen-bond donors (Lipinski definition) is 1. The highest BCUT2D eigenvalue weighted by Crippen LogP contribution is 2.37. The van der Waals surface area contributed by atoms with Crippen LogP contribution in [0.1, 0.15) is 97.8 Å². The fourth-order valence-electron chi connectivity index (χ4n) is 8.26. The van der Waals surface area contributed by atoms with Gasteiger partial charge in [-0.2, -0.15) is 0 Å². The standard InChI is InChI=1S/C18H31N3O3.C13H23N3O/c1-18(2,3)24-17(23)20-11-9-13(10-12-20)21-15-8-6-5-7-14(15)19(4)16(21)22;1-15-11-4-2-3-5-12(11)16(13(15)17)10-6-8-14-9-7-10/h13-15H,5-12H2,1-4H3;10-12,14H,2-9H2,1H3/t14-,15-;11-,12-/m00/s1. The third-order valence-corrected chi connectivity index (χ3v) is 10.4. The number of ether oxygens (including phenoxy) is 1. The van der Waals surface area contributed by atoms with Crippen LogP contribution in [-0.4, -0.2) is 125 Å². The number of carbonyl (C=O) groups excluding carboxylic acids is 3. The van der Waals surface area contributed by atoms with Crippen LogP contribution in [0.3, 0.4) is 0 Å². The lowest BCUT2D eigenvalue weighted by atomic mass is 9.89. The molecule has 6 rings (SSSR count). The Morgan fingerprint density at radius 3 is 1.54 bits per heavy atom. The minimum absolute atomic E-state index is 0.183. The van der Waals surface area contributed by atoms with E-state index < -0.39 is 5.60 Å². The van der Waals surface area contributed by atoms with E-state index in [0.29, 0.717) is 43.3 Å². The highest BCUT2D eigenvalue weighted by molar-refractivity contribution is 5.79. The Morgan fingerprint density at radius 2 is 1.10 bits per heavy atom. The van der Waals surface area contributed by atoms with E-state index in [2.05, 4.69) is 15.1 Å². The fourth-order valence-corrected chi connectivity index (χ4v) is 8.26. The number of rotatable bonds is 2. The van der Waals surface area contributed by atoms with E-state index in [1.165, 1.54) is 38.5 Å². The third kappa shape index (κ3) is 6.42. The largest absolute Gasteiger partial charge is 0.444 e. The van der Waals surface area contributed by atoms with Crippen molar-refractivity contribution in [1.29, 1.82) is 0 Å². The fraction of sp³-hybridized carbons (Fsp3) is 0.903. The minimum Gasteiger partial charge on any atom is -0.444 e. The quantitative estimate of drug-likeness (QED) is 0.525. The molecule has 2 saturated carbocycles. The van der Waals surface area contributed by atoms with Crippen LogP contribution in [0.25, 0.3) is 0 Å². The number of nitrogens with one attached hydrogen (secondary N) is 1. The van der Waals surface area contributed by atoms with E-state index in [-0.39, 0.29) is 24.2 Å². The first kappa shape index (κ1) is 30.2. The summed E-state index contributed by atoms with van der Waals surface area (Å²) in [5, 5.41) is 3.38. The molecule has 6 fully saturated rings. The molecule has 41 heavy (non-hydrogen) atoms. The van der Waals surface area contributed by atoms with Crippen LogP contribution in [0.5, 0.6) is 0 Å². The van der Waals surface area contributed by atoms with Crippen molar-refractivity contribution >= 4 is 18.2 Å². The van der Waals surface area contributed by atoms with Gasteiger partial charge in [-0.15, -0.1) is 0 Å². The number of carbonyl (C=O) groups is 3. The lowest BCUT2D eigenvalue weighted by Crippen LogP contribution is -2.51. The summed E-state index contributed by atoms with van der Waals surface area (Å²) in [5.41, 5.74) is -0.461. The predicted molar refractivity (Wildman–Crippen MR) is 159 cm³/mol. The van der Waals surface area contributed by atoms with Crippen molar-refractivity contribution in [3.8, 4) is 0 Å². The number of urea groups is 2. The molecule has 0 bridgehead atoms. The van der Waals surface area contributed by atoms with Gasteiger partial charge in [-0.25, -0.2) is 14.4 Å². The Labute approximate surface area is 247 Å². The van der Waals surface area contributed by atoms with E-state index in [4.69, 9.17) is 4.74 Å². The van der Waals surface area contributed by atoms with Gasteiger partial charge < -0.3 is 34.6 Å². The molecule has 4 aliphatic heterocycles. The molecular weight excluding hydrogens is 520 g/mol. The predicted octanol–water partition coefficient (Wildman–Crippen LogP) is 4.48. The third-order valence-electron chi connectivity index (χ3n) is 10.4. The molecule has 2 aliphatic carbocycles. The van der Waals surface area contributed by atoms with Gasteiger partial charge >= 0.3 is 18.2 Å². The number of piperidine rings is 2. The van der Waals surface area contributed by atoms with Gasteiger partial charge in [0, 0.05) is 39.3 Å². The first-order valence-electron chi connectivity index (χ1n) is 16.4. The zero-order valence-corrected chi connectivity index (χ0v) is 26.1. The van der Waals surface area contributed by atoms with E-state index in [0.717, 1.165) is 51.6 Å². The van der Waals surface area contributed by atoms with Gasteiger partial charge in [-0.3, -0.25) is 0 Å². The molecule has 0 spiro atoms. The average Bonchev–Trinajstić information content (AvgIpc) is 3.37. The van der Waals surface area contributed by atoms with Gasteiger partial charge in [0.05, 0.1) is 24.2 Å². The molecule has 0 radical (unpaired) electrons. The normalized spacial score (nSPS) is 31.6. The maximum Gasteiger partial charge on any atom is 0.410 e. The summed E-state index contributed by atoms with van der Waals surface area (Å²) in [7, 11) is 3.94. The van der Waals surface area contributed by atoms with Crippen molar-refractivity contribution in [3.63, 3.8) is 0 Å². The maximum atomic E-state index is 12.7. The highest BCUT2D eigenvalue weighted by Gasteiger charge is 2.49. The Bertz CT molecular complexity index is 941. The van der Waals surface area contributed by atoms with Crippen LogP contribution in [-0.2, 0) is 4.74 Å². The van der Waals surface area contributed by atoms with Gasteiger partial charge in [-0.1, -0.05) is 25.7 Å². The summed E-state index contributed by atoms with van der Waals surface area (Å²) in [4.78, 5) is 47.4. The van der Waals surface area contributed by atoms with Gasteiger partial charge in [0.25, 0.3) is 0 Å². The molecule has 0 aromatic rings. The van der Waals surface area contributed by atoms with Crippen LogP contribution in [0.4, 0.5) is 14.4 Å². The van der Waals surface area contributed by atoms with Crippen molar-refractivity contribution in [2.75, 3.05) is 40.3 Å². The number of amides is 5. The van der Waals surface area contributed by atoms with Gasteiger partial charge in [0.1, 0.15) is 5.60 Å². The van der Waals surface area contributed by atoms with E-state index >= 15 is 0 Å². The summed E-state index contributed by atoms with van der Waals surface area (Å²) in [6.45, 7) is 9.14. The molecule has 5 amide bonds. The van der Waals surface area contributed by atoms with Crippen LogP contribution >= 0.6 is 0 Å². The Morgan fingerprint density at radius 1 is 0.683 bits per heavy atom. The Hall–Kier alpha value is -2.23. The molecule has 4 saturated heterocycles. The number of likely N-dealkylation sites (tertiary alicyclic amines) is 1. The Kier molecular flexibility index (Phi) is 9.26. The molecule has 10 heteroatoms. The van der Waals surface area contributed by atoms with E-state index in [9.17, 15) is 14.4 Å². The molecule has 1 N–H and O–H groups in total. The molecule has 0 unspecified atom stereocenters. The number of likely N-dealkylation sites (N-methyl/N-ethyl adjacent to an activating group) is 2. The summed E-state index contributed by atoms with van der Waals surface area (Å²) in [6, 6.07) is 2.96. The van der Waals surface area contributed by atoms with Gasteiger partial charge in [-0.05, 0) is 85.2 Å². The molecule has 4 atom stereocenters. The SMILES string of the molecule is CN1C(=O)N(C2CCN(C(=O)OC(C)(C)C)CC2)[C@H]2CCCC[C@@H]21.CN1C(=O)N(C2CCNCC2)[C@H]2CCCC[C@@H]21. The van der Waals surface area contributed by atoms with Crippen LogP contribution < -0.4 is 5.32 Å². The summed E-state index contributed by atoms with van der Waals surface area (Å²) in [6.07, 6.45) is 13.4. The van der Waals surface area contributed by atoms with Crippen LogP contribution in [0.15, 0.2) is 0 Å². The minimum atomic E-state index is -0.461. The number of hydrogen-bond acceptors (Lipinski definition) is 5. The highest BCUT2D eigenvalue weighted by atomic mass is 16.6.